The van der Waals surface area contributed by atoms with E-state index in [9.17, 15) is 4.79 Å². The molecule has 4 nitrogen and oxygen atoms in total. The van der Waals surface area contributed by atoms with Crippen molar-refractivity contribution in [3.8, 4) is 0 Å². The summed E-state index contributed by atoms with van der Waals surface area (Å²) in [7, 11) is 1.42. The van der Waals surface area contributed by atoms with Gasteiger partial charge in [0, 0.05) is 13.1 Å². The molecule has 20 heavy (non-hydrogen) atoms. The van der Waals surface area contributed by atoms with Crippen LogP contribution in [0.5, 0.6) is 0 Å². The quantitative estimate of drug-likeness (QED) is 0.791. The Bertz CT molecular complexity index is 442. The summed E-state index contributed by atoms with van der Waals surface area (Å²) in [5, 5.41) is 0. The number of benzene rings is 1. The average Bonchev–Trinajstić information content (AvgIpc) is 2.47. The first kappa shape index (κ1) is 15.0. The first-order valence-electron chi connectivity index (χ1n) is 7.10. The van der Waals surface area contributed by atoms with Gasteiger partial charge in [-0.3, -0.25) is 9.69 Å². The summed E-state index contributed by atoms with van der Waals surface area (Å²) < 4.78 is 10.2. The Morgan fingerprint density at radius 2 is 2.10 bits per heavy atom. The lowest BCUT2D eigenvalue weighted by molar-refractivity contribution is -0.153. The van der Waals surface area contributed by atoms with Gasteiger partial charge in [0.15, 0.2) is 0 Å². The first-order valence-corrected chi connectivity index (χ1v) is 7.10. The zero-order valence-electron chi connectivity index (χ0n) is 12.5. The van der Waals surface area contributed by atoms with Gasteiger partial charge in [-0.05, 0) is 17.0 Å². The highest BCUT2D eigenvalue weighted by Gasteiger charge is 2.30. The summed E-state index contributed by atoms with van der Waals surface area (Å²) in [6, 6.07) is 8.30. The highest BCUT2D eigenvalue weighted by Crippen LogP contribution is 2.17. The van der Waals surface area contributed by atoms with Gasteiger partial charge in [0.05, 0.1) is 20.3 Å². The van der Waals surface area contributed by atoms with E-state index in [0.29, 0.717) is 19.1 Å². The van der Waals surface area contributed by atoms with E-state index in [1.54, 1.807) is 0 Å². The lowest BCUT2D eigenvalue weighted by Gasteiger charge is -2.33. The largest absolute Gasteiger partial charge is 0.468 e. The molecule has 1 unspecified atom stereocenters. The van der Waals surface area contributed by atoms with Crippen molar-refractivity contribution in [1.82, 2.24) is 4.90 Å². The number of morpholine rings is 1. The number of carbonyl (C=O) groups excluding carboxylic acids is 1. The Morgan fingerprint density at radius 1 is 1.40 bits per heavy atom. The topological polar surface area (TPSA) is 38.8 Å². The number of hydrogen-bond donors (Lipinski definition) is 0. The Balaban J connectivity index is 2.04. The van der Waals surface area contributed by atoms with E-state index >= 15 is 0 Å². The van der Waals surface area contributed by atoms with Gasteiger partial charge >= 0.3 is 5.97 Å². The number of esters is 1. The fraction of sp³-hybridized carbons (Fsp3) is 0.562. The highest BCUT2D eigenvalue weighted by atomic mass is 16.5. The Hall–Kier alpha value is -1.39. The molecule has 0 radical (unpaired) electrons. The number of carbonyl (C=O) groups is 1. The third kappa shape index (κ3) is 3.58. The van der Waals surface area contributed by atoms with E-state index in [1.807, 2.05) is 0 Å². The van der Waals surface area contributed by atoms with Gasteiger partial charge in [0.25, 0.3) is 0 Å². The van der Waals surface area contributed by atoms with Gasteiger partial charge in [-0.25, -0.2) is 0 Å². The molecule has 1 aromatic rings. The molecule has 0 amide bonds. The molecular weight excluding hydrogens is 254 g/mol. The first-order chi connectivity index (χ1) is 9.61. The SMILES string of the molecule is COC(=O)C1COCCN1Cc1ccc(C(C)C)cc1. The van der Waals surface area contributed by atoms with Crippen molar-refractivity contribution in [3.05, 3.63) is 35.4 Å². The van der Waals surface area contributed by atoms with Crippen LogP contribution in [0.1, 0.15) is 30.9 Å². The average molecular weight is 277 g/mol. The van der Waals surface area contributed by atoms with Crippen LogP contribution in [0.2, 0.25) is 0 Å². The second-order valence-corrected chi connectivity index (χ2v) is 5.48. The monoisotopic (exact) mass is 277 g/mol. The summed E-state index contributed by atoms with van der Waals surface area (Å²) in [5.41, 5.74) is 2.55. The molecule has 1 fully saturated rings. The molecule has 1 heterocycles. The molecule has 0 bridgehead atoms. The summed E-state index contributed by atoms with van der Waals surface area (Å²) in [6.07, 6.45) is 0. The Morgan fingerprint density at radius 3 is 2.70 bits per heavy atom. The van der Waals surface area contributed by atoms with E-state index < -0.39 is 0 Å². The van der Waals surface area contributed by atoms with Gasteiger partial charge < -0.3 is 9.47 Å². The molecule has 1 aliphatic heterocycles. The van der Waals surface area contributed by atoms with E-state index in [0.717, 1.165) is 13.1 Å². The summed E-state index contributed by atoms with van der Waals surface area (Å²) in [6.45, 7) is 6.95. The van der Waals surface area contributed by atoms with Crippen LogP contribution in [-0.4, -0.2) is 43.8 Å². The van der Waals surface area contributed by atoms with E-state index in [4.69, 9.17) is 9.47 Å². The molecule has 0 N–H and O–H groups in total. The summed E-state index contributed by atoms with van der Waals surface area (Å²) >= 11 is 0. The maximum Gasteiger partial charge on any atom is 0.325 e. The van der Waals surface area contributed by atoms with Crippen molar-refractivity contribution in [2.24, 2.45) is 0 Å². The van der Waals surface area contributed by atoms with E-state index in [1.165, 1.54) is 18.2 Å². The molecule has 4 heteroatoms. The molecule has 110 valence electrons. The van der Waals surface area contributed by atoms with Gasteiger partial charge in [-0.15, -0.1) is 0 Å². The molecule has 2 rings (SSSR count). The van der Waals surface area contributed by atoms with Crippen molar-refractivity contribution < 1.29 is 14.3 Å². The van der Waals surface area contributed by atoms with Crippen LogP contribution < -0.4 is 0 Å². The predicted molar refractivity (Wildman–Crippen MR) is 77.6 cm³/mol. The van der Waals surface area contributed by atoms with Crippen molar-refractivity contribution >= 4 is 5.97 Å². The zero-order valence-corrected chi connectivity index (χ0v) is 12.5. The maximum absolute atomic E-state index is 11.8. The van der Waals surface area contributed by atoms with Gasteiger partial charge in [0.1, 0.15) is 6.04 Å². The smallest absolute Gasteiger partial charge is 0.325 e. The molecule has 0 saturated carbocycles. The number of nitrogens with zero attached hydrogens (tertiary/aromatic N) is 1. The second kappa shape index (κ2) is 6.86. The third-order valence-electron chi connectivity index (χ3n) is 3.74. The number of methoxy groups -OCH3 is 1. The predicted octanol–water partition coefficient (Wildman–Crippen LogP) is 2.18. The van der Waals surface area contributed by atoms with E-state index in [-0.39, 0.29) is 12.0 Å². The maximum atomic E-state index is 11.8. The van der Waals surface area contributed by atoms with Gasteiger partial charge in [-0.2, -0.15) is 0 Å². The Labute approximate surface area is 120 Å². The molecule has 0 aliphatic carbocycles. The lowest BCUT2D eigenvalue weighted by atomic mass is 10.0. The van der Waals surface area contributed by atoms with Crippen LogP contribution in [0, 0.1) is 0 Å². The summed E-state index contributed by atoms with van der Waals surface area (Å²) in [5.74, 6) is 0.318. The van der Waals surface area contributed by atoms with Crippen LogP contribution >= 0.6 is 0 Å². The number of rotatable bonds is 4. The van der Waals surface area contributed by atoms with Crippen molar-refractivity contribution in [1.29, 1.82) is 0 Å². The van der Waals surface area contributed by atoms with Crippen LogP contribution in [0.4, 0.5) is 0 Å². The second-order valence-electron chi connectivity index (χ2n) is 5.48. The molecular formula is C16H23NO3. The number of hydrogen-bond acceptors (Lipinski definition) is 4. The standard InChI is InChI=1S/C16H23NO3/c1-12(2)14-6-4-13(5-7-14)10-17-8-9-20-11-15(17)16(18)19-3/h4-7,12,15H,8-11H2,1-3H3. The molecule has 1 saturated heterocycles. The zero-order chi connectivity index (χ0) is 14.5. The van der Waals surface area contributed by atoms with E-state index in [2.05, 4.69) is 43.0 Å². The van der Waals surface area contributed by atoms with Gasteiger partial charge in [0.2, 0.25) is 0 Å². The minimum Gasteiger partial charge on any atom is -0.468 e. The van der Waals surface area contributed by atoms with Crippen molar-refractivity contribution in [2.75, 3.05) is 26.9 Å². The minimum absolute atomic E-state index is 0.219. The fourth-order valence-electron chi connectivity index (χ4n) is 2.42. The third-order valence-corrected chi connectivity index (χ3v) is 3.74. The van der Waals surface area contributed by atoms with Crippen molar-refractivity contribution in [2.45, 2.75) is 32.4 Å². The van der Waals surface area contributed by atoms with Crippen LogP contribution in [0.25, 0.3) is 0 Å². The molecule has 0 spiro atoms. The molecule has 1 aliphatic rings. The van der Waals surface area contributed by atoms with Crippen LogP contribution in [0.3, 0.4) is 0 Å². The van der Waals surface area contributed by atoms with Crippen LogP contribution in [0.15, 0.2) is 24.3 Å². The highest BCUT2D eigenvalue weighted by molar-refractivity contribution is 5.75. The molecule has 1 aromatic carbocycles. The fourth-order valence-corrected chi connectivity index (χ4v) is 2.42. The normalized spacial score (nSPS) is 20.1. The molecule has 0 aromatic heterocycles. The van der Waals surface area contributed by atoms with Crippen LogP contribution in [-0.2, 0) is 20.8 Å². The lowest BCUT2D eigenvalue weighted by Crippen LogP contribution is -2.49. The van der Waals surface area contributed by atoms with Gasteiger partial charge in [-0.1, -0.05) is 38.1 Å². The van der Waals surface area contributed by atoms with Crippen molar-refractivity contribution in [3.63, 3.8) is 0 Å². The number of ether oxygens (including phenoxy) is 2. The molecule has 1 atom stereocenters. The minimum atomic E-state index is -0.293. The summed E-state index contributed by atoms with van der Waals surface area (Å²) in [4.78, 5) is 13.9. The Kier molecular flexibility index (Phi) is 5.15.